The minimum atomic E-state index is -0.332. The Morgan fingerprint density at radius 1 is 1.39 bits per heavy atom. The highest BCUT2D eigenvalue weighted by atomic mass is 32.1. The molecule has 0 radical (unpaired) electrons. The molecular weight excluding hydrogens is 253 g/mol. The van der Waals surface area contributed by atoms with Gasteiger partial charge < -0.3 is 5.32 Å². The molecule has 1 N–H and O–H groups in total. The lowest BCUT2D eigenvalue weighted by Gasteiger charge is -1.97. The van der Waals surface area contributed by atoms with Gasteiger partial charge in [0.2, 0.25) is 5.95 Å². The number of nitrogens with zero attached hydrogens (tertiary/aromatic N) is 4. The minimum Gasteiger partial charge on any atom is -0.352 e. The van der Waals surface area contributed by atoms with Crippen LogP contribution in [0.5, 0.6) is 0 Å². The molecule has 0 aliphatic carbocycles. The number of rotatable bonds is 4. The number of hydrogen-bond donors (Lipinski definition) is 1. The van der Waals surface area contributed by atoms with Gasteiger partial charge in [0.15, 0.2) is 5.65 Å². The molecule has 0 aromatic carbocycles. The first kappa shape index (κ1) is 11.1. The number of anilines is 1. The van der Waals surface area contributed by atoms with E-state index in [1.807, 2.05) is 5.38 Å². The molecular formula is C11H10FN5S. The second-order valence-electron chi connectivity index (χ2n) is 3.69. The molecule has 0 fully saturated rings. The van der Waals surface area contributed by atoms with E-state index in [4.69, 9.17) is 0 Å². The molecule has 0 saturated carbocycles. The third-order valence-electron chi connectivity index (χ3n) is 2.40. The van der Waals surface area contributed by atoms with Crippen molar-refractivity contribution in [1.82, 2.24) is 19.6 Å². The zero-order valence-electron chi connectivity index (χ0n) is 9.38. The van der Waals surface area contributed by atoms with E-state index in [1.54, 1.807) is 23.6 Å². The van der Waals surface area contributed by atoms with Crippen molar-refractivity contribution in [3.05, 3.63) is 40.7 Å². The summed E-state index contributed by atoms with van der Waals surface area (Å²) in [4.78, 5) is 8.41. The summed E-state index contributed by atoms with van der Waals surface area (Å²) >= 11 is 1.62. The quantitative estimate of drug-likeness (QED) is 0.782. The number of hydrogen-bond acceptors (Lipinski definition) is 5. The summed E-state index contributed by atoms with van der Waals surface area (Å²) in [5, 5.41) is 10.2. The molecule has 0 atom stereocenters. The minimum absolute atomic E-state index is 0.332. The van der Waals surface area contributed by atoms with Crippen LogP contribution in [0.4, 0.5) is 10.3 Å². The molecule has 0 saturated heterocycles. The molecule has 3 rings (SSSR count). The average molecular weight is 263 g/mol. The molecule has 3 aromatic heterocycles. The molecule has 0 unspecified atom stereocenters. The summed E-state index contributed by atoms with van der Waals surface area (Å²) < 4.78 is 14.4. The van der Waals surface area contributed by atoms with Crippen molar-refractivity contribution in [3.8, 4) is 0 Å². The van der Waals surface area contributed by atoms with Crippen molar-refractivity contribution in [2.75, 3.05) is 11.9 Å². The first-order valence-electron chi connectivity index (χ1n) is 5.45. The van der Waals surface area contributed by atoms with Crippen molar-refractivity contribution >= 4 is 22.9 Å². The molecule has 5 nitrogen and oxygen atoms in total. The third kappa shape index (κ3) is 2.30. The van der Waals surface area contributed by atoms with E-state index < -0.39 is 0 Å². The summed E-state index contributed by atoms with van der Waals surface area (Å²) in [5.74, 6) is 0.166. The summed E-state index contributed by atoms with van der Waals surface area (Å²) in [5.41, 5.74) is 0.619. The van der Waals surface area contributed by atoms with E-state index in [-0.39, 0.29) is 5.82 Å². The van der Waals surface area contributed by atoms with Gasteiger partial charge in [0.05, 0.1) is 11.2 Å². The Hall–Kier alpha value is -2.02. The molecule has 0 aliphatic rings. The van der Waals surface area contributed by atoms with Gasteiger partial charge in [-0.25, -0.2) is 13.9 Å². The normalized spacial score (nSPS) is 10.9. The largest absolute Gasteiger partial charge is 0.352 e. The Kier molecular flexibility index (Phi) is 2.89. The fourth-order valence-electron chi connectivity index (χ4n) is 1.59. The first-order chi connectivity index (χ1) is 8.81. The Labute approximate surface area is 106 Å². The van der Waals surface area contributed by atoms with Crippen molar-refractivity contribution in [2.45, 2.75) is 6.42 Å². The van der Waals surface area contributed by atoms with E-state index in [0.717, 1.165) is 11.4 Å². The zero-order valence-corrected chi connectivity index (χ0v) is 10.2. The van der Waals surface area contributed by atoms with E-state index in [9.17, 15) is 4.39 Å². The molecule has 0 amide bonds. The van der Waals surface area contributed by atoms with Crippen LogP contribution in [0.25, 0.3) is 5.65 Å². The monoisotopic (exact) mass is 263 g/mol. The molecule has 0 aliphatic heterocycles. The number of nitrogens with one attached hydrogen (secondary N) is 1. The van der Waals surface area contributed by atoms with Gasteiger partial charge in [0, 0.05) is 24.5 Å². The van der Waals surface area contributed by atoms with Gasteiger partial charge in [0.1, 0.15) is 5.82 Å². The number of pyridine rings is 1. The van der Waals surface area contributed by atoms with E-state index >= 15 is 0 Å². The summed E-state index contributed by atoms with van der Waals surface area (Å²) in [6.07, 6.45) is 3.90. The highest BCUT2D eigenvalue weighted by molar-refractivity contribution is 7.09. The van der Waals surface area contributed by atoms with Gasteiger partial charge in [0.25, 0.3) is 0 Å². The van der Waals surface area contributed by atoms with Gasteiger partial charge in [-0.3, -0.25) is 0 Å². The van der Waals surface area contributed by atoms with Crippen LogP contribution < -0.4 is 5.32 Å². The number of aromatic nitrogens is 4. The van der Waals surface area contributed by atoms with Crippen LogP contribution in [-0.4, -0.2) is 26.1 Å². The summed E-state index contributed by atoms with van der Waals surface area (Å²) in [6.45, 7) is 0.701. The van der Waals surface area contributed by atoms with Crippen LogP contribution in [0.3, 0.4) is 0 Å². The Balaban J connectivity index is 1.67. The lowest BCUT2D eigenvalue weighted by Crippen LogP contribution is -2.06. The molecule has 92 valence electrons. The smallest absolute Gasteiger partial charge is 0.243 e. The lowest BCUT2D eigenvalue weighted by atomic mass is 10.4. The first-order valence-corrected chi connectivity index (χ1v) is 6.33. The van der Waals surface area contributed by atoms with Crippen LogP contribution in [0, 0.1) is 5.82 Å². The predicted molar refractivity (Wildman–Crippen MR) is 67.3 cm³/mol. The summed E-state index contributed by atoms with van der Waals surface area (Å²) in [7, 11) is 0. The maximum Gasteiger partial charge on any atom is 0.243 e. The molecule has 3 heterocycles. The standard InChI is InChI=1S/C11H10FN5S/c12-8-1-2-9-15-11(16-17(9)7-8)14-4-3-10-13-5-6-18-10/h1-2,5-7H,3-4H2,(H,14,16). The van der Waals surface area contributed by atoms with Gasteiger partial charge in [-0.05, 0) is 12.1 Å². The molecule has 3 aromatic rings. The van der Waals surface area contributed by atoms with Crippen LogP contribution >= 0.6 is 11.3 Å². The van der Waals surface area contributed by atoms with Crippen molar-refractivity contribution in [1.29, 1.82) is 0 Å². The second-order valence-corrected chi connectivity index (χ2v) is 4.67. The van der Waals surface area contributed by atoms with Crippen LogP contribution in [-0.2, 0) is 6.42 Å². The molecule has 7 heteroatoms. The van der Waals surface area contributed by atoms with Crippen LogP contribution in [0.1, 0.15) is 5.01 Å². The lowest BCUT2D eigenvalue weighted by molar-refractivity contribution is 0.615. The van der Waals surface area contributed by atoms with E-state index in [0.29, 0.717) is 18.1 Å². The van der Waals surface area contributed by atoms with Crippen LogP contribution in [0.2, 0.25) is 0 Å². The maximum atomic E-state index is 13.0. The topological polar surface area (TPSA) is 55.1 Å². The highest BCUT2D eigenvalue weighted by Gasteiger charge is 2.04. The van der Waals surface area contributed by atoms with Crippen molar-refractivity contribution < 1.29 is 4.39 Å². The predicted octanol–water partition coefficient (Wildman–Crippen LogP) is 1.98. The zero-order chi connectivity index (χ0) is 12.4. The average Bonchev–Trinajstić information content (AvgIpc) is 2.97. The van der Waals surface area contributed by atoms with Gasteiger partial charge in [-0.1, -0.05) is 0 Å². The van der Waals surface area contributed by atoms with E-state index in [1.165, 1.54) is 16.8 Å². The Bertz CT molecular complexity index is 649. The van der Waals surface area contributed by atoms with Crippen molar-refractivity contribution in [2.24, 2.45) is 0 Å². The molecule has 18 heavy (non-hydrogen) atoms. The Morgan fingerprint density at radius 2 is 2.33 bits per heavy atom. The fraction of sp³-hybridized carbons (Fsp3) is 0.182. The number of fused-ring (bicyclic) bond motifs is 1. The summed E-state index contributed by atoms with van der Waals surface area (Å²) in [6, 6.07) is 2.96. The third-order valence-corrected chi connectivity index (χ3v) is 3.24. The maximum absolute atomic E-state index is 13.0. The van der Waals surface area contributed by atoms with Gasteiger partial charge in [-0.2, -0.15) is 4.98 Å². The SMILES string of the molecule is Fc1ccc2nc(NCCc3nccs3)nn2c1. The number of halogens is 1. The number of thiazole rings is 1. The van der Waals surface area contributed by atoms with E-state index in [2.05, 4.69) is 20.4 Å². The van der Waals surface area contributed by atoms with Gasteiger partial charge in [-0.15, -0.1) is 16.4 Å². The second kappa shape index (κ2) is 4.69. The molecule has 0 bridgehead atoms. The fourth-order valence-corrected chi connectivity index (χ4v) is 2.21. The highest BCUT2D eigenvalue weighted by Crippen LogP contribution is 2.08. The molecule has 0 spiro atoms. The van der Waals surface area contributed by atoms with Crippen molar-refractivity contribution in [3.63, 3.8) is 0 Å². The van der Waals surface area contributed by atoms with Crippen LogP contribution in [0.15, 0.2) is 29.9 Å². The van der Waals surface area contributed by atoms with Gasteiger partial charge >= 0.3 is 0 Å². The Morgan fingerprint density at radius 3 is 3.17 bits per heavy atom.